The van der Waals surface area contributed by atoms with Crippen molar-refractivity contribution >= 4 is 5.91 Å². The number of hydrogen-bond acceptors (Lipinski definition) is 3. The van der Waals surface area contributed by atoms with Crippen LogP contribution < -0.4 is 5.32 Å². The molecule has 0 saturated carbocycles. The van der Waals surface area contributed by atoms with Crippen molar-refractivity contribution in [1.29, 1.82) is 0 Å². The van der Waals surface area contributed by atoms with Gasteiger partial charge in [0, 0.05) is 12.6 Å². The van der Waals surface area contributed by atoms with Crippen LogP contribution in [0.5, 0.6) is 0 Å². The van der Waals surface area contributed by atoms with Gasteiger partial charge in [-0.05, 0) is 53.1 Å². The molecular formula is C15H31N3O. The fourth-order valence-corrected chi connectivity index (χ4v) is 2.55. The van der Waals surface area contributed by atoms with Crippen molar-refractivity contribution in [2.24, 2.45) is 0 Å². The molecule has 0 aromatic rings. The second kappa shape index (κ2) is 7.85. The monoisotopic (exact) mass is 269 g/mol. The van der Waals surface area contributed by atoms with E-state index in [2.05, 4.69) is 45.0 Å². The second-order valence-corrected chi connectivity index (χ2v) is 5.86. The first kappa shape index (κ1) is 16.4. The van der Waals surface area contributed by atoms with E-state index in [1.165, 1.54) is 0 Å². The van der Waals surface area contributed by atoms with E-state index >= 15 is 0 Å². The molecule has 19 heavy (non-hydrogen) atoms. The Kier molecular flexibility index (Phi) is 6.80. The Balaban J connectivity index is 2.33. The molecule has 112 valence electrons. The van der Waals surface area contributed by atoms with Gasteiger partial charge in [-0.3, -0.25) is 10.1 Å². The van der Waals surface area contributed by atoms with Gasteiger partial charge in [-0.1, -0.05) is 13.8 Å². The quantitative estimate of drug-likeness (QED) is 0.685. The van der Waals surface area contributed by atoms with Gasteiger partial charge in [-0.15, -0.1) is 0 Å². The molecule has 0 spiro atoms. The zero-order chi connectivity index (χ0) is 14.4. The van der Waals surface area contributed by atoms with Crippen molar-refractivity contribution < 1.29 is 4.79 Å². The summed E-state index contributed by atoms with van der Waals surface area (Å²) in [7, 11) is 2.16. The van der Waals surface area contributed by atoms with Crippen molar-refractivity contribution in [2.45, 2.75) is 71.6 Å². The number of carbonyl (C=O) groups excluding carboxylic acids is 1. The normalized spacial score (nSPS) is 23.9. The maximum absolute atomic E-state index is 12.2. The molecule has 0 radical (unpaired) electrons. The van der Waals surface area contributed by atoms with E-state index in [1.54, 1.807) is 0 Å². The molecule has 4 heteroatoms. The molecule has 4 nitrogen and oxygen atoms in total. The molecule has 2 unspecified atom stereocenters. The van der Waals surface area contributed by atoms with Crippen LogP contribution in [0.1, 0.15) is 53.4 Å². The Morgan fingerprint density at radius 1 is 1.26 bits per heavy atom. The molecule has 0 aliphatic carbocycles. The van der Waals surface area contributed by atoms with Crippen molar-refractivity contribution in [3.63, 3.8) is 0 Å². The third-order valence-electron chi connectivity index (χ3n) is 4.19. The largest absolute Gasteiger partial charge is 0.326 e. The summed E-state index contributed by atoms with van der Waals surface area (Å²) in [5.74, 6) is 0.298. The highest BCUT2D eigenvalue weighted by Crippen LogP contribution is 2.16. The molecule has 1 fully saturated rings. The minimum atomic E-state index is 0.0447. The van der Waals surface area contributed by atoms with Crippen LogP contribution in [0.25, 0.3) is 0 Å². The van der Waals surface area contributed by atoms with Crippen LogP contribution in [0.2, 0.25) is 0 Å². The molecule has 2 atom stereocenters. The zero-order valence-corrected chi connectivity index (χ0v) is 13.3. The van der Waals surface area contributed by atoms with Gasteiger partial charge in [0.2, 0.25) is 5.91 Å². The smallest absolute Gasteiger partial charge is 0.241 e. The molecule has 1 N–H and O–H groups in total. The third kappa shape index (κ3) is 4.46. The minimum Gasteiger partial charge on any atom is -0.326 e. The molecule has 1 aliphatic rings. The standard InChI is InChI=1S/C15H31N3O/c1-6-13-15(19)18(14(7-2)16-13)11-9-8-10-17(5)12(3)4/h12-14,16H,6-11H2,1-5H3. The lowest BCUT2D eigenvalue weighted by Gasteiger charge is -2.24. The summed E-state index contributed by atoms with van der Waals surface area (Å²) in [5, 5.41) is 3.42. The number of amides is 1. The lowest BCUT2D eigenvalue weighted by molar-refractivity contribution is -0.130. The van der Waals surface area contributed by atoms with Crippen molar-refractivity contribution in [2.75, 3.05) is 20.1 Å². The van der Waals surface area contributed by atoms with E-state index in [4.69, 9.17) is 0 Å². The molecule has 1 heterocycles. The summed E-state index contributed by atoms with van der Waals surface area (Å²) in [6, 6.07) is 0.645. The molecule has 1 amide bonds. The van der Waals surface area contributed by atoms with Crippen LogP contribution in [0.15, 0.2) is 0 Å². The van der Waals surface area contributed by atoms with Crippen molar-refractivity contribution in [3.05, 3.63) is 0 Å². The van der Waals surface area contributed by atoms with Crippen molar-refractivity contribution in [3.8, 4) is 0 Å². The fourth-order valence-electron chi connectivity index (χ4n) is 2.55. The van der Waals surface area contributed by atoms with E-state index in [-0.39, 0.29) is 12.2 Å². The molecule has 0 aromatic heterocycles. The van der Waals surface area contributed by atoms with E-state index in [1.807, 2.05) is 4.90 Å². The molecule has 1 rings (SSSR count). The van der Waals surface area contributed by atoms with Gasteiger partial charge < -0.3 is 9.80 Å². The van der Waals surface area contributed by atoms with E-state index in [0.717, 1.165) is 38.8 Å². The first-order valence-electron chi connectivity index (χ1n) is 7.78. The van der Waals surface area contributed by atoms with Crippen LogP contribution in [-0.4, -0.2) is 54.1 Å². The summed E-state index contributed by atoms with van der Waals surface area (Å²) in [5.41, 5.74) is 0. The molecule has 1 aliphatic heterocycles. The Labute approximate surface area is 118 Å². The van der Waals surface area contributed by atoms with E-state index < -0.39 is 0 Å². The average Bonchev–Trinajstić information content (AvgIpc) is 2.70. The molecule has 0 bridgehead atoms. The molecule has 0 aromatic carbocycles. The summed E-state index contributed by atoms with van der Waals surface area (Å²) < 4.78 is 0. The maximum atomic E-state index is 12.2. The van der Waals surface area contributed by atoms with Gasteiger partial charge in [0.1, 0.15) is 0 Å². The summed E-state index contributed by atoms with van der Waals surface area (Å²) in [6.07, 6.45) is 4.39. The van der Waals surface area contributed by atoms with Gasteiger partial charge in [0.25, 0.3) is 0 Å². The highest BCUT2D eigenvalue weighted by Gasteiger charge is 2.35. The van der Waals surface area contributed by atoms with Gasteiger partial charge in [0.15, 0.2) is 0 Å². The van der Waals surface area contributed by atoms with Gasteiger partial charge in [0.05, 0.1) is 12.2 Å². The average molecular weight is 269 g/mol. The van der Waals surface area contributed by atoms with Crippen LogP contribution in [-0.2, 0) is 4.79 Å². The Hall–Kier alpha value is -0.610. The van der Waals surface area contributed by atoms with Gasteiger partial charge >= 0.3 is 0 Å². The number of nitrogens with one attached hydrogen (secondary N) is 1. The third-order valence-corrected chi connectivity index (χ3v) is 4.19. The van der Waals surface area contributed by atoms with Crippen LogP contribution in [0, 0.1) is 0 Å². The molecule has 1 saturated heterocycles. The number of carbonyl (C=O) groups is 1. The Morgan fingerprint density at radius 3 is 2.47 bits per heavy atom. The van der Waals surface area contributed by atoms with Crippen molar-refractivity contribution in [1.82, 2.24) is 15.1 Å². The first-order valence-corrected chi connectivity index (χ1v) is 7.78. The zero-order valence-electron chi connectivity index (χ0n) is 13.3. The Bertz CT molecular complexity index is 281. The van der Waals surface area contributed by atoms with E-state index in [9.17, 15) is 4.79 Å². The number of nitrogens with zero attached hydrogens (tertiary/aromatic N) is 2. The number of unbranched alkanes of at least 4 members (excludes halogenated alkanes) is 1. The van der Waals surface area contributed by atoms with Crippen LogP contribution in [0.3, 0.4) is 0 Å². The predicted molar refractivity (Wildman–Crippen MR) is 80.0 cm³/mol. The van der Waals surface area contributed by atoms with Crippen LogP contribution in [0.4, 0.5) is 0 Å². The van der Waals surface area contributed by atoms with E-state index in [0.29, 0.717) is 11.9 Å². The lowest BCUT2D eigenvalue weighted by Crippen LogP contribution is -2.37. The summed E-state index contributed by atoms with van der Waals surface area (Å²) >= 11 is 0. The fraction of sp³-hybridized carbons (Fsp3) is 0.933. The predicted octanol–water partition coefficient (Wildman–Crippen LogP) is 2.05. The minimum absolute atomic E-state index is 0.0447. The van der Waals surface area contributed by atoms with Gasteiger partial charge in [-0.2, -0.15) is 0 Å². The lowest BCUT2D eigenvalue weighted by atomic mass is 10.2. The topological polar surface area (TPSA) is 35.6 Å². The SMILES string of the molecule is CCC1NC(CC)N(CCCCN(C)C(C)C)C1=O. The summed E-state index contributed by atoms with van der Waals surface area (Å²) in [4.78, 5) is 16.6. The van der Waals surface area contributed by atoms with Gasteiger partial charge in [-0.25, -0.2) is 0 Å². The number of hydrogen-bond donors (Lipinski definition) is 1. The number of rotatable bonds is 8. The highest BCUT2D eigenvalue weighted by atomic mass is 16.2. The highest BCUT2D eigenvalue weighted by molar-refractivity contribution is 5.84. The maximum Gasteiger partial charge on any atom is 0.241 e. The second-order valence-electron chi connectivity index (χ2n) is 5.86. The van der Waals surface area contributed by atoms with Crippen LogP contribution >= 0.6 is 0 Å². The first-order chi connectivity index (χ1) is 9.01. The molecular weight excluding hydrogens is 238 g/mol. The Morgan fingerprint density at radius 2 is 1.95 bits per heavy atom. The summed E-state index contributed by atoms with van der Waals surface area (Å²) in [6.45, 7) is 10.7.